The molecule has 1 atom stereocenters. The third-order valence-electron chi connectivity index (χ3n) is 5.71. The van der Waals surface area contributed by atoms with Gasteiger partial charge in [-0.25, -0.2) is 0 Å². The molecular formula is C22H29N3O2. The smallest absolute Gasteiger partial charge is 0.226 e. The van der Waals surface area contributed by atoms with Crippen LogP contribution in [0, 0.1) is 5.92 Å². The zero-order valence-electron chi connectivity index (χ0n) is 16.0. The van der Waals surface area contributed by atoms with E-state index in [9.17, 15) is 4.79 Å². The molecule has 0 spiro atoms. The summed E-state index contributed by atoms with van der Waals surface area (Å²) in [6.07, 6.45) is 9.13. The van der Waals surface area contributed by atoms with E-state index in [0.29, 0.717) is 24.2 Å². The summed E-state index contributed by atoms with van der Waals surface area (Å²) in [6, 6.07) is 10.5. The summed E-state index contributed by atoms with van der Waals surface area (Å²) >= 11 is 0. The van der Waals surface area contributed by atoms with Crippen molar-refractivity contribution in [2.75, 3.05) is 13.1 Å². The molecule has 4 rings (SSSR count). The Hall–Kier alpha value is -2.17. The number of carbonyl (C=O) groups is 1. The number of amides is 1. The van der Waals surface area contributed by atoms with Crippen LogP contribution in [0.4, 0.5) is 0 Å². The van der Waals surface area contributed by atoms with E-state index in [2.05, 4.69) is 39.3 Å². The third kappa shape index (κ3) is 5.18. The monoisotopic (exact) mass is 367 g/mol. The second-order valence-electron chi connectivity index (χ2n) is 8.07. The zero-order valence-corrected chi connectivity index (χ0v) is 16.0. The van der Waals surface area contributed by atoms with Gasteiger partial charge in [0.1, 0.15) is 0 Å². The molecule has 5 nitrogen and oxygen atoms in total. The van der Waals surface area contributed by atoms with E-state index in [0.717, 1.165) is 63.3 Å². The van der Waals surface area contributed by atoms with Crippen LogP contribution < -0.4 is 0 Å². The van der Waals surface area contributed by atoms with Crippen molar-refractivity contribution >= 4 is 5.91 Å². The van der Waals surface area contributed by atoms with Gasteiger partial charge in [-0.05, 0) is 56.4 Å². The van der Waals surface area contributed by atoms with Gasteiger partial charge in [0.15, 0.2) is 5.82 Å². The summed E-state index contributed by atoms with van der Waals surface area (Å²) in [7, 11) is 0. The molecule has 1 aliphatic carbocycles. The number of piperidine rings is 1. The highest BCUT2D eigenvalue weighted by Crippen LogP contribution is 2.38. The van der Waals surface area contributed by atoms with E-state index in [-0.39, 0.29) is 0 Å². The predicted octanol–water partition coefficient (Wildman–Crippen LogP) is 4.14. The Morgan fingerprint density at radius 1 is 1.15 bits per heavy atom. The van der Waals surface area contributed by atoms with Crippen LogP contribution in [0.3, 0.4) is 0 Å². The molecule has 1 saturated carbocycles. The van der Waals surface area contributed by atoms with Crippen LogP contribution in [-0.2, 0) is 17.6 Å². The van der Waals surface area contributed by atoms with E-state index < -0.39 is 0 Å². The second kappa shape index (κ2) is 8.68. The van der Waals surface area contributed by atoms with Crippen molar-refractivity contribution in [1.29, 1.82) is 0 Å². The van der Waals surface area contributed by atoms with Crippen molar-refractivity contribution in [2.24, 2.45) is 5.92 Å². The molecule has 1 amide bonds. The molecule has 27 heavy (non-hydrogen) atoms. The van der Waals surface area contributed by atoms with Crippen molar-refractivity contribution in [3.8, 4) is 0 Å². The molecule has 1 aromatic carbocycles. The van der Waals surface area contributed by atoms with Crippen LogP contribution in [-0.4, -0.2) is 34.0 Å². The van der Waals surface area contributed by atoms with Crippen LogP contribution in [0.25, 0.3) is 0 Å². The Kier molecular flexibility index (Phi) is 5.85. The summed E-state index contributed by atoms with van der Waals surface area (Å²) in [5.41, 5.74) is 1.35. The Labute approximate surface area is 161 Å². The average Bonchev–Trinajstić information content (AvgIpc) is 3.45. The van der Waals surface area contributed by atoms with Crippen molar-refractivity contribution < 1.29 is 9.32 Å². The fraction of sp³-hybridized carbons (Fsp3) is 0.591. The van der Waals surface area contributed by atoms with Crippen molar-refractivity contribution in [1.82, 2.24) is 15.0 Å². The number of benzene rings is 1. The van der Waals surface area contributed by atoms with Gasteiger partial charge < -0.3 is 9.42 Å². The van der Waals surface area contributed by atoms with Crippen molar-refractivity contribution in [3.05, 3.63) is 47.6 Å². The molecule has 1 unspecified atom stereocenters. The Morgan fingerprint density at radius 3 is 2.81 bits per heavy atom. The molecule has 2 aromatic rings. The number of hydrogen-bond donors (Lipinski definition) is 0. The van der Waals surface area contributed by atoms with E-state index in [4.69, 9.17) is 4.52 Å². The normalized spacial score (nSPS) is 20.0. The van der Waals surface area contributed by atoms with Crippen LogP contribution in [0.5, 0.6) is 0 Å². The average molecular weight is 367 g/mol. The molecule has 2 aliphatic rings. The van der Waals surface area contributed by atoms with Gasteiger partial charge in [0.25, 0.3) is 0 Å². The number of nitrogens with zero attached hydrogens (tertiary/aromatic N) is 3. The third-order valence-corrected chi connectivity index (χ3v) is 5.71. The number of likely N-dealkylation sites (tertiary alicyclic amines) is 1. The number of carbonyl (C=O) groups excluding carboxylic acids is 1. The van der Waals surface area contributed by atoms with Gasteiger partial charge in [-0.1, -0.05) is 35.5 Å². The van der Waals surface area contributed by atoms with Crippen LogP contribution in [0.15, 0.2) is 34.9 Å². The van der Waals surface area contributed by atoms with Gasteiger partial charge in [0.2, 0.25) is 11.8 Å². The lowest BCUT2D eigenvalue weighted by molar-refractivity contribution is -0.133. The van der Waals surface area contributed by atoms with Gasteiger partial charge in [-0.15, -0.1) is 0 Å². The van der Waals surface area contributed by atoms with Gasteiger partial charge in [-0.2, -0.15) is 4.98 Å². The first-order valence-corrected chi connectivity index (χ1v) is 10.4. The first kappa shape index (κ1) is 18.2. The molecule has 2 heterocycles. The first-order valence-electron chi connectivity index (χ1n) is 10.4. The highest BCUT2D eigenvalue weighted by molar-refractivity contribution is 5.76. The molecular weight excluding hydrogens is 338 g/mol. The lowest BCUT2D eigenvalue weighted by atomic mass is 9.94. The van der Waals surface area contributed by atoms with Gasteiger partial charge in [-0.3, -0.25) is 4.79 Å². The number of hydrogen-bond acceptors (Lipinski definition) is 4. The molecule has 1 saturated heterocycles. The number of unbranched alkanes of at least 4 members (excludes halogenated alkanes) is 1. The summed E-state index contributed by atoms with van der Waals surface area (Å²) in [4.78, 5) is 19.2. The highest BCUT2D eigenvalue weighted by atomic mass is 16.5. The lowest BCUT2D eigenvalue weighted by Gasteiger charge is -2.32. The fourth-order valence-corrected chi connectivity index (χ4v) is 3.97. The molecule has 2 fully saturated rings. The molecule has 0 radical (unpaired) electrons. The van der Waals surface area contributed by atoms with E-state index in [1.165, 1.54) is 18.4 Å². The van der Waals surface area contributed by atoms with Gasteiger partial charge in [0.05, 0.1) is 0 Å². The fourth-order valence-electron chi connectivity index (χ4n) is 3.97. The first-order chi connectivity index (χ1) is 13.3. The minimum atomic E-state index is 0.303. The SMILES string of the molecule is O=C(CCCCc1ccccc1)N1CCCC(Cc2nc(C3CC3)no2)C1. The molecule has 144 valence electrons. The highest BCUT2D eigenvalue weighted by Gasteiger charge is 2.30. The minimum Gasteiger partial charge on any atom is -0.342 e. The molecule has 5 heteroatoms. The lowest BCUT2D eigenvalue weighted by Crippen LogP contribution is -2.40. The molecule has 1 aromatic heterocycles. The standard InChI is InChI=1S/C22H29N3O2/c26-21(11-5-4-9-17-7-2-1-3-8-17)25-14-6-10-18(16-25)15-20-23-22(24-27-20)19-12-13-19/h1-3,7-8,18-19H,4-6,9-16H2. The summed E-state index contributed by atoms with van der Waals surface area (Å²) in [5, 5.41) is 4.11. The van der Waals surface area contributed by atoms with Crippen LogP contribution in [0.2, 0.25) is 0 Å². The molecule has 0 bridgehead atoms. The van der Waals surface area contributed by atoms with Gasteiger partial charge in [0, 0.05) is 31.8 Å². The van der Waals surface area contributed by atoms with Crippen LogP contribution in [0.1, 0.15) is 68.1 Å². The predicted molar refractivity (Wildman–Crippen MR) is 103 cm³/mol. The van der Waals surface area contributed by atoms with Crippen LogP contribution >= 0.6 is 0 Å². The largest absolute Gasteiger partial charge is 0.342 e. The second-order valence-corrected chi connectivity index (χ2v) is 8.07. The quantitative estimate of drug-likeness (QED) is 0.658. The van der Waals surface area contributed by atoms with Crippen molar-refractivity contribution in [2.45, 2.75) is 63.7 Å². The topological polar surface area (TPSA) is 59.2 Å². The number of aromatic nitrogens is 2. The maximum atomic E-state index is 12.6. The maximum Gasteiger partial charge on any atom is 0.226 e. The number of aryl methyl sites for hydroxylation is 1. The Balaban J connectivity index is 1.19. The summed E-state index contributed by atoms with van der Waals surface area (Å²) in [5.74, 6) is 2.91. The summed E-state index contributed by atoms with van der Waals surface area (Å²) in [6.45, 7) is 1.73. The van der Waals surface area contributed by atoms with Gasteiger partial charge >= 0.3 is 0 Å². The Bertz CT molecular complexity index is 739. The zero-order chi connectivity index (χ0) is 18.5. The minimum absolute atomic E-state index is 0.303. The van der Waals surface area contributed by atoms with E-state index in [1.54, 1.807) is 0 Å². The number of rotatable bonds is 8. The Morgan fingerprint density at radius 2 is 2.00 bits per heavy atom. The molecule has 1 aliphatic heterocycles. The molecule has 0 N–H and O–H groups in total. The van der Waals surface area contributed by atoms with E-state index >= 15 is 0 Å². The van der Waals surface area contributed by atoms with E-state index in [1.807, 2.05) is 6.07 Å². The van der Waals surface area contributed by atoms with Crippen molar-refractivity contribution in [3.63, 3.8) is 0 Å². The summed E-state index contributed by atoms with van der Waals surface area (Å²) < 4.78 is 5.42. The maximum absolute atomic E-state index is 12.6.